The monoisotopic (exact) mass is 583 g/mol. The maximum absolute atomic E-state index is 13.7. The minimum Gasteiger partial charge on any atom is -0.497 e. The van der Waals surface area contributed by atoms with Gasteiger partial charge in [0.15, 0.2) is 0 Å². The maximum atomic E-state index is 13.7. The van der Waals surface area contributed by atoms with Gasteiger partial charge in [0.25, 0.3) is 0 Å². The van der Waals surface area contributed by atoms with Crippen molar-refractivity contribution in [2.75, 3.05) is 31.3 Å². The van der Waals surface area contributed by atoms with Crippen LogP contribution >= 0.6 is 15.9 Å². The molecule has 0 saturated carbocycles. The number of carbonyl (C=O) groups is 2. The van der Waals surface area contributed by atoms with Gasteiger partial charge < -0.3 is 19.7 Å². The Hall–Kier alpha value is -2.79. The van der Waals surface area contributed by atoms with E-state index in [9.17, 15) is 18.0 Å². The molecule has 0 aliphatic heterocycles. The first-order valence-corrected chi connectivity index (χ1v) is 14.1. The van der Waals surface area contributed by atoms with Crippen molar-refractivity contribution in [3.63, 3.8) is 0 Å². The molecule has 0 aliphatic carbocycles. The number of methoxy groups -OCH3 is 2. The second-order valence-electron chi connectivity index (χ2n) is 8.45. The van der Waals surface area contributed by atoms with Crippen LogP contribution in [0.2, 0.25) is 0 Å². The van der Waals surface area contributed by atoms with Gasteiger partial charge in [-0.1, -0.05) is 35.0 Å². The smallest absolute Gasteiger partial charge is 0.244 e. The molecule has 0 radical (unpaired) electrons. The van der Waals surface area contributed by atoms with E-state index in [1.54, 1.807) is 19.1 Å². The molecule has 2 aromatic carbocycles. The van der Waals surface area contributed by atoms with E-state index in [2.05, 4.69) is 21.2 Å². The van der Waals surface area contributed by atoms with Crippen molar-refractivity contribution in [2.24, 2.45) is 0 Å². The Kier molecular flexibility index (Phi) is 10.6. The van der Waals surface area contributed by atoms with E-state index in [1.165, 1.54) is 25.2 Å². The molecule has 0 bridgehead atoms. The number of hydrogen-bond acceptors (Lipinski definition) is 6. The minimum atomic E-state index is -3.91. The number of nitrogens with zero attached hydrogens (tertiary/aromatic N) is 2. The zero-order chi connectivity index (χ0) is 27.0. The van der Waals surface area contributed by atoms with Crippen molar-refractivity contribution in [2.45, 2.75) is 45.8 Å². The Bertz CT molecular complexity index is 1170. The van der Waals surface area contributed by atoms with Crippen molar-refractivity contribution < 1.29 is 27.5 Å². The van der Waals surface area contributed by atoms with E-state index in [1.807, 2.05) is 38.1 Å². The molecule has 0 heterocycles. The first-order chi connectivity index (χ1) is 16.9. The van der Waals surface area contributed by atoms with E-state index in [0.717, 1.165) is 27.0 Å². The normalized spacial score (nSPS) is 12.9. The van der Waals surface area contributed by atoms with Gasteiger partial charge in [0.2, 0.25) is 21.8 Å². The van der Waals surface area contributed by atoms with E-state index < -0.39 is 28.5 Å². The Morgan fingerprint density at radius 1 is 1.08 bits per heavy atom. The molecule has 0 aromatic heterocycles. The second-order valence-corrected chi connectivity index (χ2v) is 11.3. The molecule has 0 fully saturated rings. The summed E-state index contributed by atoms with van der Waals surface area (Å²) in [6, 6.07) is 11.1. The summed E-state index contributed by atoms with van der Waals surface area (Å²) in [7, 11) is -1.04. The lowest BCUT2D eigenvalue weighted by Gasteiger charge is -2.32. The van der Waals surface area contributed by atoms with Gasteiger partial charge in [-0.05, 0) is 50.1 Å². The fourth-order valence-electron chi connectivity index (χ4n) is 3.47. The van der Waals surface area contributed by atoms with E-state index >= 15 is 0 Å². The number of ether oxygens (including phenoxy) is 2. The number of amides is 2. The zero-order valence-corrected chi connectivity index (χ0v) is 23.9. The Labute approximate surface area is 221 Å². The van der Waals surface area contributed by atoms with E-state index in [-0.39, 0.29) is 29.9 Å². The first kappa shape index (κ1) is 29.4. The standard InChI is InChI=1S/C25H34BrN3O6S/c1-7-17(2)27-25(31)18(3)28(15-19-9-8-10-20(26)13-19)24(30)16-29(36(6,32)33)22-14-21(34-4)11-12-23(22)35-5/h8-14,17-18H,7,15-16H2,1-6H3,(H,27,31). The van der Waals surface area contributed by atoms with Crippen LogP contribution in [0.3, 0.4) is 0 Å². The highest BCUT2D eigenvalue weighted by molar-refractivity contribution is 9.10. The number of nitrogens with one attached hydrogen (secondary N) is 1. The van der Waals surface area contributed by atoms with Gasteiger partial charge in [-0.15, -0.1) is 0 Å². The Morgan fingerprint density at radius 3 is 2.33 bits per heavy atom. The van der Waals surface area contributed by atoms with Gasteiger partial charge in [0.05, 0.1) is 26.2 Å². The summed E-state index contributed by atoms with van der Waals surface area (Å²) in [5, 5.41) is 2.90. The molecule has 0 saturated heterocycles. The molecular weight excluding hydrogens is 550 g/mol. The van der Waals surface area contributed by atoms with Crippen LogP contribution in [0.5, 0.6) is 11.5 Å². The second kappa shape index (κ2) is 13.0. The number of hydrogen-bond donors (Lipinski definition) is 1. The summed E-state index contributed by atoms with van der Waals surface area (Å²) in [5.41, 5.74) is 0.942. The molecule has 36 heavy (non-hydrogen) atoms. The topological polar surface area (TPSA) is 105 Å². The molecule has 0 aliphatic rings. The molecule has 2 aromatic rings. The van der Waals surface area contributed by atoms with Gasteiger partial charge in [0.1, 0.15) is 24.1 Å². The highest BCUT2D eigenvalue weighted by Gasteiger charge is 2.31. The number of carbonyl (C=O) groups excluding carboxylic acids is 2. The summed E-state index contributed by atoms with van der Waals surface area (Å²) < 4.78 is 38.0. The summed E-state index contributed by atoms with van der Waals surface area (Å²) in [6.45, 7) is 5.04. The van der Waals surface area contributed by atoms with Crippen molar-refractivity contribution in [3.05, 3.63) is 52.5 Å². The molecular formula is C25H34BrN3O6S. The summed E-state index contributed by atoms with van der Waals surface area (Å²) >= 11 is 3.43. The highest BCUT2D eigenvalue weighted by Crippen LogP contribution is 2.34. The molecule has 1 N–H and O–H groups in total. The number of rotatable bonds is 12. The summed E-state index contributed by atoms with van der Waals surface area (Å²) in [6.07, 6.45) is 1.74. The average molecular weight is 585 g/mol. The van der Waals surface area contributed by atoms with Crippen LogP contribution in [0.15, 0.2) is 46.9 Å². The molecule has 2 amide bonds. The van der Waals surface area contributed by atoms with E-state index in [0.29, 0.717) is 5.75 Å². The number of benzene rings is 2. The van der Waals surface area contributed by atoms with Crippen LogP contribution in [-0.2, 0) is 26.2 Å². The van der Waals surface area contributed by atoms with E-state index in [4.69, 9.17) is 9.47 Å². The van der Waals surface area contributed by atoms with Crippen LogP contribution in [0.25, 0.3) is 0 Å². The van der Waals surface area contributed by atoms with Crippen LogP contribution in [0, 0.1) is 0 Å². The Morgan fingerprint density at radius 2 is 1.78 bits per heavy atom. The predicted octanol–water partition coefficient (Wildman–Crippen LogP) is 3.56. The Balaban J connectivity index is 2.48. The average Bonchev–Trinajstić information content (AvgIpc) is 2.84. The summed E-state index contributed by atoms with van der Waals surface area (Å²) in [5.74, 6) is -0.205. The number of halogens is 1. The van der Waals surface area contributed by atoms with Crippen LogP contribution in [0.4, 0.5) is 5.69 Å². The third-order valence-corrected chi connectivity index (χ3v) is 7.36. The molecule has 2 unspecified atom stereocenters. The molecule has 9 nitrogen and oxygen atoms in total. The number of anilines is 1. The fourth-order valence-corrected chi connectivity index (χ4v) is 4.76. The predicted molar refractivity (Wildman–Crippen MR) is 144 cm³/mol. The van der Waals surface area contributed by atoms with Crippen molar-refractivity contribution in [3.8, 4) is 11.5 Å². The largest absolute Gasteiger partial charge is 0.497 e. The fraction of sp³-hybridized carbons (Fsp3) is 0.440. The lowest BCUT2D eigenvalue weighted by molar-refractivity contribution is -0.139. The van der Waals surface area contributed by atoms with Gasteiger partial charge in [0, 0.05) is 23.1 Å². The zero-order valence-electron chi connectivity index (χ0n) is 21.4. The van der Waals surface area contributed by atoms with Crippen molar-refractivity contribution >= 4 is 43.5 Å². The van der Waals surface area contributed by atoms with Crippen LogP contribution in [-0.4, -0.2) is 64.2 Å². The van der Waals surface area contributed by atoms with Crippen molar-refractivity contribution in [1.82, 2.24) is 10.2 Å². The van der Waals surface area contributed by atoms with Crippen LogP contribution in [0.1, 0.15) is 32.8 Å². The van der Waals surface area contributed by atoms with Crippen LogP contribution < -0.4 is 19.1 Å². The van der Waals surface area contributed by atoms with Crippen molar-refractivity contribution in [1.29, 1.82) is 0 Å². The third-order valence-electron chi connectivity index (χ3n) is 5.74. The molecule has 2 rings (SSSR count). The molecule has 0 spiro atoms. The van der Waals surface area contributed by atoms with Gasteiger partial charge >= 0.3 is 0 Å². The first-order valence-electron chi connectivity index (χ1n) is 11.4. The van der Waals surface area contributed by atoms with Gasteiger partial charge in [-0.25, -0.2) is 8.42 Å². The third kappa shape index (κ3) is 7.86. The highest BCUT2D eigenvalue weighted by atomic mass is 79.9. The molecule has 2 atom stereocenters. The molecule has 11 heteroatoms. The number of sulfonamides is 1. The van der Waals surface area contributed by atoms with Gasteiger partial charge in [-0.2, -0.15) is 0 Å². The van der Waals surface area contributed by atoms with Gasteiger partial charge in [-0.3, -0.25) is 13.9 Å². The lowest BCUT2D eigenvalue weighted by atomic mass is 10.1. The SMILES string of the molecule is CCC(C)NC(=O)C(C)N(Cc1cccc(Br)c1)C(=O)CN(c1cc(OC)ccc1OC)S(C)(=O)=O. The lowest BCUT2D eigenvalue weighted by Crippen LogP contribution is -2.52. The maximum Gasteiger partial charge on any atom is 0.244 e. The molecule has 198 valence electrons. The summed E-state index contributed by atoms with van der Waals surface area (Å²) in [4.78, 5) is 28.0. The quantitative estimate of drug-likeness (QED) is 0.409. The minimum absolute atomic E-state index is 0.0728.